The molecular weight excluding hydrogens is 264 g/mol. The molecule has 1 N–H and O–H groups in total. The van der Waals surface area contributed by atoms with E-state index >= 15 is 0 Å². The van der Waals surface area contributed by atoms with Gasteiger partial charge in [0.15, 0.2) is 0 Å². The van der Waals surface area contributed by atoms with Crippen molar-refractivity contribution < 1.29 is 9.53 Å². The van der Waals surface area contributed by atoms with Gasteiger partial charge in [0.05, 0.1) is 6.61 Å². The molecule has 0 spiro atoms. The summed E-state index contributed by atoms with van der Waals surface area (Å²) in [6.07, 6.45) is 12.2. The van der Waals surface area contributed by atoms with Crippen LogP contribution in [-0.4, -0.2) is 50.2 Å². The van der Waals surface area contributed by atoms with Gasteiger partial charge in [0.1, 0.15) is 0 Å². The van der Waals surface area contributed by atoms with Crippen molar-refractivity contribution >= 4 is 5.91 Å². The van der Waals surface area contributed by atoms with E-state index in [0.29, 0.717) is 0 Å². The third-order valence-corrected chi connectivity index (χ3v) is 4.27. The van der Waals surface area contributed by atoms with Gasteiger partial charge in [0.25, 0.3) is 5.91 Å². The fraction of sp³-hybridized carbons (Fsp3) is 0.471. The lowest BCUT2D eigenvalue weighted by molar-refractivity contribution is -0.118. The Morgan fingerprint density at radius 1 is 1.43 bits per heavy atom. The Balaban J connectivity index is 1.58. The number of fused-ring (bicyclic) bond motifs is 1. The fourth-order valence-corrected chi connectivity index (χ4v) is 3.15. The molecule has 0 unspecified atom stereocenters. The van der Waals surface area contributed by atoms with Gasteiger partial charge >= 0.3 is 0 Å². The quantitative estimate of drug-likeness (QED) is 0.834. The zero-order chi connectivity index (χ0) is 14.7. The molecule has 1 saturated heterocycles. The maximum atomic E-state index is 12.5. The van der Waals surface area contributed by atoms with Crippen LogP contribution in [0.4, 0.5) is 0 Å². The summed E-state index contributed by atoms with van der Waals surface area (Å²) in [7, 11) is 1.73. The van der Waals surface area contributed by atoms with Crippen LogP contribution in [0.3, 0.4) is 0 Å². The second kappa shape index (κ2) is 6.41. The molecule has 0 aromatic heterocycles. The fourth-order valence-electron chi connectivity index (χ4n) is 3.15. The number of carbonyl (C=O) groups is 1. The topological polar surface area (TPSA) is 41.6 Å². The van der Waals surface area contributed by atoms with E-state index < -0.39 is 0 Å². The lowest BCUT2D eigenvalue weighted by Crippen LogP contribution is -2.48. The van der Waals surface area contributed by atoms with Gasteiger partial charge in [-0.15, -0.1) is 0 Å². The number of carbonyl (C=O) groups excluding carboxylic acids is 1. The van der Waals surface area contributed by atoms with E-state index in [-0.39, 0.29) is 11.9 Å². The van der Waals surface area contributed by atoms with Crippen molar-refractivity contribution in [3.05, 3.63) is 47.1 Å². The molecule has 2 aliphatic carbocycles. The van der Waals surface area contributed by atoms with Gasteiger partial charge in [-0.3, -0.25) is 9.69 Å². The van der Waals surface area contributed by atoms with Crippen LogP contribution in [-0.2, 0) is 9.53 Å². The van der Waals surface area contributed by atoms with Gasteiger partial charge < -0.3 is 10.1 Å². The normalized spacial score (nSPS) is 24.4. The average Bonchev–Trinajstić information content (AvgIpc) is 3.08. The highest BCUT2D eigenvalue weighted by atomic mass is 16.5. The van der Waals surface area contributed by atoms with Crippen LogP contribution in [0.15, 0.2) is 47.1 Å². The monoisotopic (exact) mass is 286 g/mol. The zero-order valence-corrected chi connectivity index (χ0v) is 12.5. The summed E-state index contributed by atoms with van der Waals surface area (Å²) in [6, 6.07) is 0.239. The van der Waals surface area contributed by atoms with Crippen LogP contribution < -0.4 is 5.32 Å². The number of methoxy groups -OCH3 is 1. The lowest BCUT2D eigenvalue weighted by Gasteiger charge is -2.33. The number of nitrogens with zero attached hydrogens (tertiary/aromatic N) is 1. The van der Waals surface area contributed by atoms with E-state index in [1.54, 1.807) is 7.11 Å². The van der Waals surface area contributed by atoms with E-state index in [0.717, 1.165) is 55.8 Å². The summed E-state index contributed by atoms with van der Waals surface area (Å²) in [6.45, 7) is 3.70. The molecule has 0 saturated carbocycles. The molecule has 1 aliphatic heterocycles. The van der Waals surface area contributed by atoms with Crippen molar-refractivity contribution in [3.63, 3.8) is 0 Å². The molecule has 1 heterocycles. The van der Waals surface area contributed by atoms with E-state index in [4.69, 9.17) is 4.74 Å². The number of piperidine rings is 1. The summed E-state index contributed by atoms with van der Waals surface area (Å²) in [5.74, 6) is 0.0507. The first-order chi connectivity index (χ1) is 10.3. The third-order valence-electron chi connectivity index (χ3n) is 4.27. The number of hydrogen-bond donors (Lipinski definition) is 1. The summed E-state index contributed by atoms with van der Waals surface area (Å²) in [5, 5.41) is 3.19. The number of ether oxygens (including phenoxy) is 1. The highest BCUT2D eigenvalue weighted by Gasteiger charge is 2.25. The Morgan fingerprint density at radius 3 is 3.19 bits per heavy atom. The van der Waals surface area contributed by atoms with Gasteiger partial charge in [-0.2, -0.15) is 0 Å². The molecule has 3 rings (SSSR count). The largest absolute Gasteiger partial charge is 0.383 e. The molecule has 21 heavy (non-hydrogen) atoms. The average molecular weight is 286 g/mol. The minimum atomic E-state index is 0.0507. The molecule has 4 heteroatoms. The summed E-state index contributed by atoms with van der Waals surface area (Å²) in [5.41, 5.74) is 2.99. The second-order valence-electron chi connectivity index (χ2n) is 5.75. The first-order valence-corrected chi connectivity index (χ1v) is 7.61. The Labute approximate surface area is 125 Å². The summed E-state index contributed by atoms with van der Waals surface area (Å²) < 4.78 is 5.13. The van der Waals surface area contributed by atoms with E-state index in [1.165, 1.54) is 0 Å². The third kappa shape index (κ3) is 3.17. The molecule has 1 atom stereocenters. The van der Waals surface area contributed by atoms with Crippen molar-refractivity contribution in [1.82, 2.24) is 10.2 Å². The second-order valence-corrected chi connectivity index (χ2v) is 5.75. The highest BCUT2D eigenvalue weighted by molar-refractivity contribution is 6.00. The molecule has 0 radical (unpaired) electrons. The molecule has 0 aromatic rings. The van der Waals surface area contributed by atoms with Gasteiger partial charge in [-0.25, -0.2) is 0 Å². The molecule has 0 bridgehead atoms. The maximum absolute atomic E-state index is 12.5. The highest BCUT2D eigenvalue weighted by Crippen LogP contribution is 2.30. The Hall–Kier alpha value is -1.65. The van der Waals surface area contributed by atoms with Gasteiger partial charge in [-0.1, -0.05) is 24.3 Å². The van der Waals surface area contributed by atoms with Crippen molar-refractivity contribution in [1.29, 1.82) is 0 Å². The van der Waals surface area contributed by atoms with E-state index in [2.05, 4.69) is 10.2 Å². The Morgan fingerprint density at radius 2 is 2.33 bits per heavy atom. The van der Waals surface area contributed by atoms with Crippen molar-refractivity contribution in [2.45, 2.75) is 18.9 Å². The number of allylic oxidation sites excluding steroid dienone is 6. The van der Waals surface area contributed by atoms with Crippen molar-refractivity contribution in [3.8, 4) is 0 Å². The smallest absolute Gasteiger partial charge is 0.252 e. The van der Waals surface area contributed by atoms with E-state index in [1.807, 2.05) is 30.4 Å². The molecule has 112 valence electrons. The minimum absolute atomic E-state index is 0.0507. The van der Waals surface area contributed by atoms with Gasteiger partial charge in [-0.05, 0) is 36.6 Å². The van der Waals surface area contributed by atoms with E-state index in [9.17, 15) is 4.79 Å². The first-order valence-electron chi connectivity index (χ1n) is 7.61. The van der Waals surface area contributed by atoms with Gasteiger partial charge in [0, 0.05) is 31.8 Å². The zero-order valence-electron chi connectivity index (χ0n) is 12.5. The Bertz CT molecular complexity index is 543. The Kier molecular flexibility index (Phi) is 4.36. The number of amides is 1. The predicted molar refractivity (Wildman–Crippen MR) is 82.9 cm³/mol. The van der Waals surface area contributed by atoms with Crippen LogP contribution in [0.2, 0.25) is 0 Å². The standard InChI is InChI=1S/C17H22N2O2/c1-21-11-10-19-9-3-5-14(12-19)18-17(20)16-8-7-13-4-2-6-15(13)16/h2,4,6-8,14H,3,5,9-12H2,1H3,(H,18,20)/t14-/m1/s1. The summed E-state index contributed by atoms with van der Waals surface area (Å²) in [4.78, 5) is 14.8. The summed E-state index contributed by atoms with van der Waals surface area (Å²) >= 11 is 0. The molecule has 4 nitrogen and oxygen atoms in total. The van der Waals surface area contributed by atoms with Crippen LogP contribution in [0.25, 0.3) is 0 Å². The molecule has 0 aromatic carbocycles. The number of rotatable bonds is 5. The maximum Gasteiger partial charge on any atom is 0.252 e. The van der Waals surface area contributed by atoms with Crippen LogP contribution >= 0.6 is 0 Å². The number of likely N-dealkylation sites (tertiary alicyclic amines) is 1. The SMILES string of the molecule is COCCN1CCC[C@@H](NC(=O)C2=C3C=CC=C3C=C2)C1. The molecule has 3 aliphatic rings. The minimum Gasteiger partial charge on any atom is -0.383 e. The van der Waals surface area contributed by atoms with Crippen molar-refractivity contribution in [2.24, 2.45) is 0 Å². The molecule has 1 fully saturated rings. The van der Waals surface area contributed by atoms with Crippen LogP contribution in [0, 0.1) is 0 Å². The van der Waals surface area contributed by atoms with Crippen LogP contribution in [0.1, 0.15) is 12.8 Å². The van der Waals surface area contributed by atoms with Crippen molar-refractivity contribution in [2.75, 3.05) is 33.4 Å². The number of hydrogen-bond acceptors (Lipinski definition) is 3. The van der Waals surface area contributed by atoms with Gasteiger partial charge in [0.2, 0.25) is 0 Å². The lowest BCUT2D eigenvalue weighted by atomic mass is 10.0. The molecule has 1 amide bonds. The van der Waals surface area contributed by atoms with Crippen LogP contribution in [0.5, 0.6) is 0 Å². The predicted octanol–water partition coefficient (Wildman–Crippen LogP) is 1.58. The molecular formula is C17H22N2O2. The first kappa shape index (κ1) is 14.3. The number of nitrogens with one attached hydrogen (secondary N) is 1.